The third-order valence-electron chi connectivity index (χ3n) is 1.76. The zero-order chi connectivity index (χ0) is 8.91. The zero-order valence-corrected chi connectivity index (χ0v) is 7.33. The van der Waals surface area contributed by atoms with Crippen molar-refractivity contribution >= 4 is 6.29 Å². The Morgan fingerprint density at radius 3 is 2.55 bits per heavy atom. The molecule has 11 heavy (non-hydrogen) atoms. The predicted octanol–water partition coefficient (Wildman–Crippen LogP) is 0.609. The standard InChI is InChI=1S/C8H16O3/c1-8(2,6-9)7(10)4-5-11-3/h6-7,10H,4-5H2,1-3H3/t7-/m1/s1. The van der Waals surface area contributed by atoms with E-state index in [1.165, 1.54) is 0 Å². The minimum Gasteiger partial charge on any atom is -0.392 e. The molecule has 0 aromatic rings. The molecular weight excluding hydrogens is 144 g/mol. The third-order valence-corrected chi connectivity index (χ3v) is 1.76. The van der Waals surface area contributed by atoms with Crippen molar-refractivity contribution < 1.29 is 14.6 Å². The van der Waals surface area contributed by atoms with E-state index in [0.29, 0.717) is 13.0 Å². The second-order valence-electron chi connectivity index (χ2n) is 3.24. The second-order valence-corrected chi connectivity index (χ2v) is 3.24. The number of carbonyl (C=O) groups excluding carboxylic acids is 1. The van der Waals surface area contributed by atoms with Gasteiger partial charge < -0.3 is 14.6 Å². The molecule has 0 aromatic heterocycles. The molecule has 0 radical (unpaired) electrons. The fourth-order valence-electron chi connectivity index (χ4n) is 0.680. The Morgan fingerprint density at radius 2 is 2.18 bits per heavy atom. The first kappa shape index (κ1) is 10.6. The number of aldehydes is 1. The van der Waals surface area contributed by atoms with Crippen LogP contribution in [0.2, 0.25) is 0 Å². The van der Waals surface area contributed by atoms with Crippen LogP contribution in [0.4, 0.5) is 0 Å². The highest BCUT2D eigenvalue weighted by atomic mass is 16.5. The minimum absolute atomic E-state index is 0.485. The molecular formula is C8H16O3. The average Bonchev–Trinajstić information content (AvgIpc) is 2.00. The normalized spacial score (nSPS) is 14.5. The minimum atomic E-state index is -0.654. The van der Waals surface area contributed by atoms with Crippen LogP contribution in [-0.4, -0.2) is 31.2 Å². The number of methoxy groups -OCH3 is 1. The maximum Gasteiger partial charge on any atom is 0.128 e. The summed E-state index contributed by atoms with van der Waals surface area (Å²) in [6, 6.07) is 0. The van der Waals surface area contributed by atoms with Crippen LogP contribution in [0.15, 0.2) is 0 Å². The van der Waals surface area contributed by atoms with E-state index in [4.69, 9.17) is 4.74 Å². The van der Waals surface area contributed by atoms with Gasteiger partial charge in [0.1, 0.15) is 6.29 Å². The summed E-state index contributed by atoms with van der Waals surface area (Å²) in [6.45, 7) is 3.90. The molecule has 1 N–H and O–H groups in total. The quantitative estimate of drug-likeness (QED) is 0.599. The third kappa shape index (κ3) is 3.49. The van der Waals surface area contributed by atoms with E-state index in [1.807, 2.05) is 0 Å². The highest BCUT2D eigenvalue weighted by molar-refractivity contribution is 5.58. The summed E-state index contributed by atoms with van der Waals surface area (Å²) in [6.07, 6.45) is 0.662. The van der Waals surface area contributed by atoms with Crippen molar-refractivity contribution in [2.45, 2.75) is 26.4 Å². The molecule has 0 saturated heterocycles. The predicted molar refractivity (Wildman–Crippen MR) is 42.3 cm³/mol. The van der Waals surface area contributed by atoms with Gasteiger partial charge in [0.05, 0.1) is 6.10 Å². The average molecular weight is 160 g/mol. The van der Waals surface area contributed by atoms with E-state index in [2.05, 4.69) is 0 Å². The van der Waals surface area contributed by atoms with Crippen LogP contribution in [0.3, 0.4) is 0 Å². The van der Waals surface area contributed by atoms with Crippen molar-refractivity contribution in [2.24, 2.45) is 5.41 Å². The molecule has 1 atom stereocenters. The molecule has 66 valence electrons. The molecule has 0 rings (SSSR count). The highest BCUT2D eigenvalue weighted by Crippen LogP contribution is 2.19. The van der Waals surface area contributed by atoms with Gasteiger partial charge in [-0.15, -0.1) is 0 Å². The van der Waals surface area contributed by atoms with Gasteiger partial charge >= 0.3 is 0 Å². The Labute approximate surface area is 67.4 Å². The molecule has 0 aliphatic rings. The van der Waals surface area contributed by atoms with Crippen molar-refractivity contribution in [1.82, 2.24) is 0 Å². The van der Waals surface area contributed by atoms with Crippen LogP contribution in [0.25, 0.3) is 0 Å². The Balaban J connectivity index is 3.80. The van der Waals surface area contributed by atoms with Gasteiger partial charge in [0.25, 0.3) is 0 Å². The van der Waals surface area contributed by atoms with Gasteiger partial charge in [0, 0.05) is 19.1 Å². The molecule has 3 nitrogen and oxygen atoms in total. The summed E-state index contributed by atoms with van der Waals surface area (Å²) in [5, 5.41) is 9.40. The van der Waals surface area contributed by atoms with Crippen LogP contribution < -0.4 is 0 Å². The number of hydrogen-bond acceptors (Lipinski definition) is 3. The van der Waals surface area contributed by atoms with Crippen molar-refractivity contribution in [3.63, 3.8) is 0 Å². The van der Waals surface area contributed by atoms with Crippen LogP contribution in [0.5, 0.6) is 0 Å². The van der Waals surface area contributed by atoms with Crippen LogP contribution in [0.1, 0.15) is 20.3 Å². The Bertz CT molecular complexity index is 121. The van der Waals surface area contributed by atoms with Crippen LogP contribution in [0, 0.1) is 5.41 Å². The summed E-state index contributed by atoms with van der Waals surface area (Å²) in [5.74, 6) is 0. The molecule has 0 aliphatic carbocycles. The molecule has 3 heteroatoms. The molecule has 0 spiro atoms. The first-order valence-corrected chi connectivity index (χ1v) is 3.68. The van der Waals surface area contributed by atoms with Crippen molar-refractivity contribution in [2.75, 3.05) is 13.7 Å². The van der Waals surface area contributed by atoms with E-state index in [1.54, 1.807) is 21.0 Å². The van der Waals surface area contributed by atoms with Crippen molar-refractivity contribution in [1.29, 1.82) is 0 Å². The summed E-state index contributed by atoms with van der Waals surface area (Å²) < 4.78 is 4.78. The first-order chi connectivity index (χ1) is 5.04. The largest absolute Gasteiger partial charge is 0.392 e. The number of carbonyl (C=O) groups is 1. The smallest absolute Gasteiger partial charge is 0.128 e. The molecule has 0 bridgehead atoms. The Hall–Kier alpha value is -0.410. The number of aliphatic hydroxyl groups excluding tert-OH is 1. The van der Waals surface area contributed by atoms with Crippen LogP contribution in [-0.2, 0) is 9.53 Å². The SMILES string of the molecule is COCC[C@@H](O)C(C)(C)C=O. The number of hydrogen-bond donors (Lipinski definition) is 1. The van der Waals surface area contributed by atoms with E-state index in [0.717, 1.165) is 6.29 Å². The fraction of sp³-hybridized carbons (Fsp3) is 0.875. The topological polar surface area (TPSA) is 46.5 Å². The second kappa shape index (κ2) is 4.46. The highest BCUT2D eigenvalue weighted by Gasteiger charge is 2.26. The summed E-state index contributed by atoms with van der Waals surface area (Å²) in [5.41, 5.74) is -0.654. The van der Waals surface area contributed by atoms with Gasteiger partial charge in [0.2, 0.25) is 0 Å². The summed E-state index contributed by atoms with van der Waals surface area (Å²) in [4.78, 5) is 10.4. The van der Waals surface area contributed by atoms with Crippen molar-refractivity contribution in [3.8, 4) is 0 Å². The monoisotopic (exact) mass is 160 g/mol. The maximum absolute atomic E-state index is 10.4. The molecule has 0 aromatic carbocycles. The molecule has 0 saturated carbocycles. The Kier molecular flexibility index (Phi) is 4.30. The lowest BCUT2D eigenvalue weighted by Gasteiger charge is -2.23. The van der Waals surface area contributed by atoms with Gasteiger partial charge in [-0.3, -0.25) is 0 Å². The lowest BCUT2D eigenvalue weighted by atomic mass is 9.87. The summed E-state index contributed by atoms with van der Waals surface area (Å²) in [7, 11) is 1.57. The number of ether oxygens (including phenoxy) is 1. The maximum atomic E-state index is 10.4. The van der Waals surface area contributed by atoms with Gasteiger partial charge in [-0.2, -0.15) is 0 Å². The molecule has 0 amide bonds. The lowest BCUT2D eigenvalue weighted by molar-refractivity contribution is -0.120. The van der Waals surface area contributed by atoms with Gasteiger partial charge in [0.15, 0.2) is 0 Å². The zero-order valence-electron chi connectivity index (χ0n) is 7.33. The fourth-order valence-corrected chi connectivity index (χ4v) is 0.680. The summed E-state index contributed by atoms with van der Waals surface area (Å²) >= 11 is 0. The van der Waals surface area contributed by atoms with E-state index in [-0.39, 0.29) is 0 Å². The van der Waals surface area contributed by atoms with E-state index >= 15 is 0 Å². The van der Waals surface area contributed by atoms with Gasteiger partial charge in [-0.05, 0) is 6.42 Å². The van der Waals surface area contributed by atoms with Gasteiger partial charge in [-0.25, -0.2) is 0 Å². The van der Waals surface area contributed by atoms with Crippen LogP contribution >= 0.6 is 0 Å². The molecule has 0 aliphatic heterocycles. The van der Waals surface area contributed by atoms with Crippen molar-refractivity contribution in [3.05, 3.63) is 0 Å². The number of aliphatic hydroxyl groups is 1. The number of rotatable bonds is 5. The lowest BCUT2D eigenvalue weighted by Crippen LogP contribution is -2.31. The van der Waals surface area contributed by atoms with E-state index in [9.17, 15) is 9.90 Å². The first-order valence-electron chi connectivity index (χ1n) is 3.68. The molecule has 0 heterocycles. The molecule has 0 fully saturated rings. The van der Waals surface area contributed by atoms with E-state index < -0.39 is 11.5 Å². The van der Waals surface area contributed by atoms with Gasteiger partial charge in [-0.1, -0.05) is 13.8 Å². The Morgan fingerprint density at radius 1 is 1.64 bits per heavy atom. The molecule has 0 unspecified atom stereocenters.